The summed E-state index contributed by atoms with van der Waals surface area (Å²) in [6, 6.07) is 5.38. The number of rotatable bonds is 6. The molecule has 0 radical (unpaired) electrons. The van der Waals surface area contributed by atoms with Gasteiger partial charge in [-0.3, -0.25) is 4.79 Å². The number of halogens is 2. The van der Waals surface area contributed by atoms with E-state index in [1.165, 1.54) is 24.3 Å². The third-order valence-electron chi connectivity index (χ3n) is 2.98. The van der Waals surface area contributed by atoms with Crippen molar-refractivity contribution in [3.63, 3.8) is 0 Å². The van der Waals surface area contributed by atoms with Gasteiger partial charge in [-0.2, -0.15) is 8.78 Å². The SMILES string of the molecule is CCC(C)(NC(=O)c1ccc(OC(F)F)cc1)C(N)=S. The van der Waals surface area contributed by atoms with Crippen LogP contribution in [0.2, 0.25) is 0 Å². The predicted molar refractivity (Wildman–Crippen MR) is 76.0 cm³/mol. The minimum atomic E-state index is -2.90. The minimum Gasteiger partial charge on any atom is -0.435 e. The van der Waals surface area contributed by atoms with Gasteiger partial charge in [0.15, 0.2) is 0 Å². The van der Waals surface area contributed by atoms with E-state index in [0.29, 0.717) is 12.0 Å². The molecular formula is C13H16F2N2O2S. The summed E-state index contributed by atoms with van der Waals surface area (Å²) in [4.78, 5) is 12.2. The number of benzene rings is 1. The van der Waals surface area contributed by atoms with Crippen molar-refractivity contribution in [3.8, 4) is 5.75 Å². The Hall–Kier alpha value is -1.76. The number of thiocarbonyl (C=S) groups is 1. The molecule has 0 spiro atoms. The molecular weight excluding hydrogens is 286 g/mol. The molecule has 1 atom stereocenters. The van der Waals surface area contributed by atoms with Crippen molar-refractivity contribution in [2.45, 2.75) is 32.4 Å². The van der Waals surface area contributed by atoms with Gasteiger partial charge in [-0.15, -0.1) is 0 Å². The zero-order chi connectivity index (χ0) is 15.3. The van der Waals surface area contributed by atoms with Gasteiger partial charge in [0.1, 0.15) is 5.75 Å². The van der Waals surface area contributed by atoms with Crippen molar-refractivity contribution in [1.82, 2.24) is 5.32 Å². The molecule has 0 aliphatic rings. The highest BCUT2D eigenvalue weighted by Gasteiger charge is 2.27. The second-order valence-electron chi connectivity index (χ2n) is 4.41. The lowest BCUT2D eigenvalue weighted by Gasteiger charge is -2.28. The summed E-state index contributed by atoms with van der Waals surface area (Å²) < 4.78 is 28.2. The Morgan fingerprint density at radius 1 is 1.45 bits per heavy atom. The van der Waals surface area contributed by atoms with Crippen LogP contribution in [-0.4, -0.2) is 23.0 Å². The summed E-state index contributed by atoms with van der Waals surface area (Å²) in [6.07, 6.45) is 0.542. The minimum absolute atomic E-state index is 0.0100. The largest absolute Gasteiger partial charge is 0.435 e. The molecule has 1 rings (SSSR count). The number of carbonyl (C=O) groups is 1. The molecule has 1 unspecified atom stereocenters. The Labute approximate surface area is 121 Å². The lowest BCUT2D eigenvalue weighted by molar-refractivity contribution is -0.0498. The van der Waals surface area contributed by atoms with Gasteiger partial charge in [-0.1, -0.05) is 19.1 Å². The Bertz CT molecular complexity index is 494. The van der Waals surface area contributed by atoms with E-state index in [9.17, 15) is 13.6 Å². The molecule has 0 fully saturated rings. The molecule has 0 saturated heterocycles. The average molecular weight is 302 g/mol. The highest BCUT2D eigenvalue weighted by atomic mass is 32.1. The number of carbonyl (C=O) groups excluding carboxylic acids is 1. The van der Waals surface area contributed by atoms with Crippen LogP contribution in [-0.2, 0) is 0 Å². The highest BCUT2D eigenvalue weighted by Crippen LogP contribution is 2.16. The van der Waals surface area contributed by atoms with Crippen LogP contribution in [0.15, 0.2) is 24.3 Å². The maximum atomic E-state index is 12.0. The van der Waals surface area contributed by atoms with Gasteiger partial charge >= 0.3 is 6.61 Å². The van der Waals surface area contributed by atoms with E-state index in [0.717, 1.165) is 0 Å². The first-order chi connectivity index (χ1) is 9.28. The van der Waals surface area contributed by atoms with Crippen LogP contribution >= 0.6 is 12.2 Å². The van der Waals surface area contributed by atoms with Crippen LogP contribution in [0.5, 0.6) is 5.75 Å². The molecule has 0 aromatic heterocycles. The van der Waals surface area contributed by atoms with Gasteiger partial charge in [-0.05, 0) is 37.6 Å². The van der Waals surface area contributed by atoms with E-state index in [1.54, 1.807) is 6.92 Å². The third-order valence-corrected chi connectivity index (χ3v) is 3.43. The fourth-order valence-corrected chi connectivity index (χ4v) is 1.63. The number of nitrogens with one attached hydrogen (secondary N) is 1. The van der Waals surface area contributed by atoms with E-state index in [1.807, 2.05) is 6.92 Å². The number of ether oxygens (including phenoxy) is 1. The van der Waals surface area contributed by atoms with Gasteiger partial charge in [0, 0.05) is 5.56 Å². The van der Waals surface area contributed by atoms with Crippen LogP contribution < -0.4 is 15.8 Å². The summed E-state index contributed by atoms with van der Waals surface area (Å²) >= 11 is 4.93. The lowest BCUT2D eigenvalue weighted by Crippen LogP contribution is -2.54. The Morgan fingerprint density at radius 3 is 2.40 bits per heavy atom. The van der Waals surface area contributed by atoms with Crippen molar-refractivity contribution < 1.29 is 18.3 Å². The molecule has 0 bridgehead atoms. The van der Waals surface area contributed by atoms with E-state index < -0.39 is 12.2 Å². The molecule has 4 nitrogen and oxygen atoms in total. The Morgan fingerprint density at radius 2 is 2.00 bits per heavy atom. The van der Waals surface area contributed by atoms with Crippen LogP contribution in [0.25, 0.3) is 0 Å². The van der Waals surface area contributed by atoms with Crippen molar-refractivity contribution in [2.24, 2.45) is 5.73 Å². The summed E-state index contributed by atoms with van der Waals surface area (Å²) in [6.45, 7) is 0.674. The lowest BCUT2D eigenvalue weighted by atomic mass is 9.98. The van der Waals surface area contributed by atoms with Crippen LogP contribution in [0.3, 0.4) is 0 Å². The van der Waals surface area contributed by atoms with Gasteiger partial charge in [0.2, 0.25) is 0 Å². The number of amides is 1. The van der Waals surface area contributed by atoms with E-state index in [4.69, 9.17) is 18.0 Å². The standard InChI is InChI=1S/C13H16F2N2O2S/c1-3-13(2,11(16)20)17-10(18)8-4-6-9(7-5-8)19-12(14)15/h4-7,12H,3H2,1-2H3,(H2,16,20)(H,17,18). The Balaban J connectivity index is 2.80. The van der Waals surface area contributed by atoms with Crippen molar-refractivity contribution in [1.29, 1.82) is 0 Å². The monoisotopic (exact) mass is 302 g/mol. The number of hydrogen-bond donors (Lipinski definition) is 2. The second kappa shape index (κ2) is 6.60. The second-order valence-corrected chi connectivity index (χ2v) is 4.85. The maximum Gasteiger partial charge on any atom is 0.387 e. The molecule has 1 aromatic rings. The van der Waals surface area contributed by atoms with E-state index in [-0.39, 0.29) is 16.6 Å². The molecule has 0 heterocycles. The summed E-state index contributed by atoms with van der Waals surface area (Å²) in [5, 5.41) is 2.72. The van der Waals surface area contributed by atoms with Crippen molar-refractivity contribution in [3.05, 3.63) is 29.8 Å². The van der Waals surface area contributed by atoms with E-state index in [2.05, 4.69) is 10.1 Å². The molecule has 0 aliphatic heterocycles. The van der Waals surface area contributed by atoms with Crippen LogP contribution in [0, 0.1) is 0 Å². The molecule has 1 amide bonds. The van der Waals surface area contributed by atoms with Gasteiger partial charge < -0.3 is 15.8 Å². The first-order valence-corrected chi connectivity index (χ1v) is 6.36. The zero-order valence-corrected chi connectivity index (χ0v) is 12.0. The predicted octanol–water partition coefficient (Wildman–Crippen LogP) is 2.47. The maximum absolute atomic E-state index is 12.0. The first kappa shape index (κ1) is 16.3. The van der Waals surface area contributed by atoms with E-state index >= 15 is 0 Å². The summed E-state index contributed by atoms with van der Waals surface area (Å²) in [7, 11) is 0. The van der Waals surface area contributed by atoms with Crippen LogP contribution in [0.4, 0.5) is 8.78 Å². The average Bonchev–Trinajstić information content (AvgIpc) is 2.38. The van der Waals surface area contributed by atoms with Crippen molar-refractivity contribution in [2.75, 3.05) is 0 Å². The third kappa shape index (κ3) is 4.12. The van der Waals surface area contributed by atoms with Gasteiger partial charge in [0.05, 0.1) is 10.5 Å². The summed E-state index contributed by atoms with van der Waals surface area (Å²) in [5.41, 5.74) is 5.12. The van der Waals surface area contributed by atoms with Gasteiger partial charge in [0.25, 0.3) is 5.91 Å². The molecule has 3 N–H and O–H groups in total. The number of hydrogen-bond acceptors (Lipinski definition) is 3. The van der Waals surface area contributed by atoms with Gasteiger partial charge in [-0.25, -0.2) is 0 Å². The fourth-order valence-electron chi connectivity index (χ4n) is 1.43. The smallest absolute Gasteiger partial charge is 0.387 e. The Kier molecular flexibility index (Phi) is 5.38. The molecule has 7 heteroatoms. The fraction of sp³-hybridized carbons (Fsp3) is 0.385. The normalized spacial score (nSPS) is 13.7. The molecule has 0 saturated carbocycles. The summed E-state index contributed by atoms with van der Waals surface area (Å²) in [5.74, 6) is -0.394. The highest BCUT2D eigenvalue weighted by molar-refractivity contribution is 7.80. The number of alkyl halides is 2. The van der Waals surface area contributed by atoms with Crippen LogP contribution in [0.1, 0.15) is 30.6 Å². The zero-order valence-electron chi connectivity index (χ0n) is 11.2. The molecule has 1 aromatic carbocycles. The molecule has 110 valence electrons. The molecule has 20 heavy (non-hydrogen) atoms. The molecule has 0 aliphatic carbocycles. The topological polar surface area (TPSA) is 64.3 Å². The van der Waals surface area contributed by atoms with Crippen molar-refractivity contribution >= 4 is 23.1 Å². The quantitative estimate of drug-likeness (QED) is 0.792. The first-order valence-electron chi connectivity index (χ1n) is 5.96. The number of nitrogens with two attached hydrogens (primary N) is 1.